The van der Waals surface area contributed by atoms with E-state index in [0.717, 1.165) is 6.42 Å². The van der Waals surface area contributed by atoms with Crippen LogP contribution < -0.4 is 5.32 Å². The van der Waals surface area contributed by atoms with Crippen molar-refractivity contribution in [2.45, 2.75) is 39.2 Å². The number of ether oxygens (including phenoxy) is 1. The smallest absolute Gasteiger partial charge is 0.410 e. The van der Waals surface area contributed by atoms with E-state index in [1.54, 1.807) is 23.1 Å². The molecule has 23 heavy (non-hydrogen) atoms. The number of nitrogens with zero attached hydrogens (tertiary/aromatic N) is 1. The molecule has 6 nitrogen and oxygen atoms in total. The molecule has 1 aliphatic heterocycles. The average molecular weight is 320 g/mol. The number of benzene rings is 1. The van der Waals surface area contributed by atoms with Crippen LogP contribution in [0, 0.1) is 5.92 Å². The van der Waals surface area contributed by atoms with E-state index in [2.05, 4.69) is 5.32 Å². The monoisotopic (exact) mass is 320 g/mol. The van der Waals surface area contributed by atoms with Gasteiger partial charge in [0.05, 0.1) is 11.6 Å². The summed E-state index contributed by atoms with van der Waals surface area (Å²) in [7, 11) is 0. The van der Waals surface area contributed by atoms with Gasteiger partial charge in [-0.1, -0.05) is 12.1 Å². The maximum atomic E-state index is 12.4. The summed E-state index contributed by atoms with van der Waals surface area (Å²) in [5.41, 5.74) is -0.172. The lowest BCUT2D eigenvalue weighted by Crippen LogP contribution is -2.45. The number of phenols is 1. The predicted octanol–water partition coefficient (Wildman–Crippen LogP) is 2.98. The molecule has 2 rings (SSSR count). The van der Waals surface area contributed by atoms with Gasteiger partial charge in [-0.05, 0) is 45.7 Å². The number of para-hydroxylation sites is 2. The molecule has 0 saturated carbocycles. The van der Waals surface area contributed by atoms with Crippen molar-refractivity contribution in [3.63, 3.8) is 0 Å². The minimum absolute atomic E-state index is 0.0284. The molecule has 6 heteroatoms. The van der Waals surface area contributed by atoms with Gasteiger partial charge in [0.25, 0.3) is 0 Å². The maximum absolute atomic E-state index is 12.4. The molecule has 2 amide bonds. The molecule has 0 spiro atoms. The lowest BCUT2D eigenvalue weighted by molar-refractivity contribution is -0.121. The largest absolute Gasteiger partial charge is 0.506 e. The second-order valence-electron chi connectivity index (χ2n) is 6.77. The highest BCUT2D eigenvalue weighted by Crippen LogP contribution is 2.25. The molecule has 1 aromatic carbocycles. The number of likely N-dealkylation sites (tertiary alicyclic amines) is 1. The van der Waals surface area contributed by atoms with Gasteiger partial charge in [-0.2, -0.15) is 0 Å². The maximum Gasteiger partial charge on any atom is 0.410 e. The van der Waals surface area contributed by atoms with E-state index in [1.165, 1.54) is 6.07 Å². The predicted molar refractivity (Wildman–Crippen MR) is 87.3 cm³/mol. The lowest BCUT2D eigenvalue weighted by Gasteiger charge is -2.33. The first kappa shape index (κ1) is 17.1. The molecule has 1 heterocycles. The Hall–Kier alpha value is -2.24. The second kappa shape index (κ2) is 6.89. The van der Waals surface area contributed by atoms with E-state index in [0.29, 0.717) is 25.2 Å². The van der Waals surface area contributed by atoms with Crippen molar-refractivity contribution >= 4 is 17.7 Å². The molecule has 1 fully saturated rings. The number of aromatic hydroxyl groups is 1. The van der Waals surface area contributed by atoms with Crippen molar-refractivity contribution in [1.29, 1.82) is 0 Å². The fourth-order valence-corrected chi connectivity index (χ4v) is 2.50. The number of rotatable bonds is 2. The Balaban J connectivity index is 1.96. The molecular formula is C17H24N2O4. The van der Waals surface area contributed by atoms with Gasteiger partial charge in [0.1, 0.15) is 11.4 Å². The van der Waals surface area contributed by atoms with Gasteiger partial charge >= 0.3 is 6.09 Å². The van der Waals surface area contributed by atoms with E-state index in [9.17, 15) is 14.7 Å². The van der Waals surface area contributed by atoms with Crippen LogP contribution in [0.4, 0.5) is 10.5 Å². The number of piperidine rings is 1. The summed E-state index contributed by atoms with van der Waals surface area (Å²) >= 11 is 0. The molecule has 126 valence electrons. The van der Waals surface area contributed by atoms with Crippen molar-refractivity contribution in [2.75, 3.05) is 18.4 Å². The summed E-state index contributed by atoms with van der Waals surface area (Å²) in [6, 6.07) is 6.59. The third-order valence-electron chi connectivity index (χ3n) is 3.61. The molecule has 0 bridgehead atoms. The molecule has 1 aromatic rings. The van der Waals surface area contributed by atoms with Gasteiger partial charge in [0.15, 0.2) is 0 Å². The first-order valence-corrected chi connectivity index (χ1v) is 7.83. The Morgan fingerprint density at radius 3 is 2.65 bits per heavy atom. The van der Waals surface area contributed by atoms with E-state index in [-0.39, 0.29) is 17.6 Å². The van der Waals surface area contributed by atoms with Crippen LogP contribution in [0.3, 0.4) is 0 Å². The van der Waals surface area contributed by atoms with Crippen molar-refractivity contribution in [2.24, 2.45) is 5.92 Å². The van der Waals surface area contributed by atoms with Gasteiger partial charge in [0.2, 0.25) is 5.91 Å². The highest BCUT2D eigenvalue weighted by atomic mass is 16.6. The number of nitrogens with one attached hydrogen (secondary N) is 1. The number of phenolic OH excluding ortho intramolecular Hbond substituents is 1. The number of carbonyl (C=O) groups is 2. The van der Waals surface area contributed by atoms with Gasteiger partial charge in [-0.25, -0.2) is 4.79 Å². The van der Waals surface area contributed by atoms with Crippen LogP contribution in [-0.4, -0.2) is 40.7 Å². The highest BCUT2D eigenvalue weighted by molar-refractivity contribution is 5.94. The Labute approximate surface area is 136 Å². The summed E-state index contributed by atoms with van der Waals surface area (Å²) in [6.07, 6.45) is 1.06. The van der Waals surface area contributed by atoms with Gasteiger partial charge in [-0.15, -0.1) is 0 Å². The first-order chi connectivity index (χ1) is 10.8. The Morgan fingerprint density at radius 1 is 1.30 bits per heavy atom. The zero-order valence-corrected chi connectivity index (χ0v) is 13.8. The minimum Gasteiger partial charge on any atom is -0.506 e. The number of amides is 2. The van der Waals surface area contributed by atoms with Crippen molar-refractivity contribution in [1.82, 2.24) is 4.90 Å². The minimum atomic E-state index is -0.553. The summed E-state index contributed by atoms with van der Waals surface area (Å²) in [5, 5.41) is 12.4. The summed E-state index contributed by atoms with van der Waals surface area (Å²) < 4.78 is 5.36. The van der Waals surface area contributed by atoms with Crippen LogP contribution in [0.1, 0.15) is 33.6 Å². The summed E-state index contributed by atoms with van der Waals surface area (Å²) in [5.74, 6) is -0.476. The fourth-order valence-electron chi connectivity index (χ4n) is 2.50. The Morgan fingerprint density at radius 2 is 2.00 bits per heavy atom. The molecule has 1 saturated heterocycles. The zero-order valence-electron chi connectivity index (χ0n) is 13.8. The van der Waals surface area contributed by atoms with Crippen LogP contribution in [0.15, 0.2) is 24.3 Å². The van der Waals surface area contributed by atoms with Gasteiger partial charge in [0, 0.05) is 13.1 Å². The van der Waals surface area contributed by atoms with Crippen LogP contribution in [-0.2, 0) is 9.53 Å². The number of anilines is 1. The molecule has 0 aromatic heterocycles. The molecule has 1 unspecified atom stereocenters. The summed E-state index contributed by atoms with van der Waals surface area (Å²) in [4.78, 5) is 26.1. The standard InChI is InChI=1S/C17H24N2O4/c1-17(2,3)23-16(22)19-10-6-7-12(11-19)15(21)18-13-8-4-5-9-14(13)20/h4-5,8-9,12,20H,6-7,10-11H2,1-3H3,(H,18,21). The lowest BCUT2D eigenvalue weighted by atomic mass is 9.97. The fraction of sp³-hybridized carbons (Fsp3) is 0.529. The third kappa shape index (κ3) is 4.87. The summed E-state index contributed by atoms with van der Waals surface area (Å²) in [6.45, 7) is 6.37. The zero-order chi connectivity index (χ0) is 17.0. The number of carbonyl (C=O) groups excluding carboxylic acids is 2. The molecule has 1 atom stereocenters. The van der Waals surface area contributed by atoms with Crippen molar-refractivity contribution in [3.05, 3.63) is 24.3 Å². The van der Waals surface area contributed by atoms with Gasteiger partial charge in [-0.3, -0.25) is 4.79 Å². The number of hydrogen-bond donors (Lipinski definition) is 2. The van der Waals surface area contributed by atoms with Crippen LogP contribution >= 0.6 is 0 Å². The second-order valence-corrected chi connectivity index (χ2v) is 6.77. The molecular weight excluding hydrogens is 296 g/mol. The first-order valence-electron chi connectivity index (χ1n) is 7.83. The normalized spacial score (nSPS) is 18.4. The topological polar surface area (TPSA) is 78.9 Å². The Bertz CT molecular complexity index is 580. The highest BCUT2D eigenvalue weighted by Gasteiger charge is 2.31. The van der Waals surface area contributed by atoms with Crippen molar-refractivity contribution in [3.8, 4) is 5.75 Å². The number of hydrogen-bond acceptors (Lipinski definition) is 4. The quantitative estimate of drug-likeness (QED) is 0.821. The van der Waals surface area contributed by atoms with Crippen LogP contribution in [0.2, 0.25) is 0 Å². The van der Waals surface area contributed by atoms with Crippen LogP contribution in [0.25, 0.3) is 0 Å². The van der Waals surface area contributed by atoms with E-state index in [1.807, 2.05) is 20.8 Å². The third-order valence-corrected chi connectivity index (χ3v) is 3.61. The SMILES string of the molecule is CC(C)(C)OC(=O)N1CCCC(C(=O)Nc2ccccc2O)C1. The molecule has 2 N–H and O–H groups in total. The van der Waals surface area contributed by atoms with E-state index >= 15 is 0 Å². The van der Waals surface area contributed by atoms with Gasteiger partial charge < -0.3 is 20.1 Å². The van der Waals surface area contributed by atoms with E-state index < -0.39 is 11.7 Å². The molecule has 1 aliphatic rings. The van der Waals surface area contributed by atoms with E-state index in [4.69, 9.17) is 4.74 Å². The van der Waals surface area contributed by atoms with Crippen LogP contribution in [0.5, 0.6) is 5.75 Å². The van der Waals surface area contributed by atoms with Crippen molar-refractivity contribution < 1.29 is 19.4 Å². The molecule has 0 aliphatic carbocycles. The average Bonchev–Trinajstić information content (AvgIpc) is 2.48. The Kier molecular flexibility index (Phi) is 5.13. The molecule has 0 radical (unpaired) electrons.